The van der Waals surface area contributed by atoms with Crippen molar-refractivity contribution in [1.29, 1.82) is 0 Å². The fraction of sp³-hybridized carbons (Fsp3) is 0.257. The summed E-state index contributed by atoms with van der Waals surface area (Å²) in [6.45, 7) is 9.46. The Morgan fingerprint density at radius 3 is 2.40 bits per heavy atom. The van der Waals surface area contributed by atoms with Crippen LogP contribution in [0.3, 0.4) is 0 Å². The molecule has 8 heteroatoms. The minimum absolute atomic E-state index is 0.177. The van der Waals surface area contributed by atoms with Crippen LogP contribution in [-0.4, -0.2) is 41.7 Å². The fourth-order valence-corrected chi connectivity index (χ4v) is 5.06. The van der Waals surface area contributed by atoms with Gasteiger partial charge in [0.1, 0.15) is 11.5 Å². The van der Waals surface area contributed by atoms with Crippen LogP contribution in [0.4, 0.5) is 0 Å². The summed E-state index contributed by atoms with van der Waals surface area (Å²) in [4.78, 5) is 31.1. The number of carbonyl (C=O) groups excluding carboxylic acids is 1. The number of benzene rings is 4. The molecule has 0 radical (unpaired) electrons. The quantitative estimate of drug-likeness (QED) is 0.140. The first-order valence-electron chi connectivity index (χ1n) is 14.3. The third-order valence-electron chi connectivity index (χ3n) is 7.14. The van der Waals surface area contributed by atoms with Gasteiger partial charge in [0.05, 0.1) is 30.3 Å². The Morgan fingerprint density at radius 2 is 1.67 bits per heavy atom. The lowest BCUT2D eigenvalue weighted by molar-refractivity contribution is -0.149. The summed E-state index contributed by atoms with van der Waals surface area (Å²) in [5.74, 6) is 1.33. The van der Waals surface area contributed by atoms with Gasteiger partial charge in [0, 0.05) is 11.1 Å². The summed E-state index contributed by atoms with van der Waals surface area (Å²) in [7, 11) is 1.65. The SMILES string of the molecule is COc1cc(C)c(-c2nc3ccccc3c(=O)n2N=Cc2c(OCC(=O)OC(C)C)ccc3ccccc23)cc1C(C)C. The summed E-state index contributed by atoms with van der Waals surface area (Å²) in [6.07, 6.45) is 1.34. The van der Waals surface area contributed by atoms with Gasteiger partial charge >= 0.3 is 5.97 Å². The average Bonchev–Trinajstić information content (AvgIpc) is 2.99. The highest BCUT2D eigenvalue weighted by Crippen LogP contribution is 2.34. The van der Waals surface area contributed by atoms with E-state index in [1.54, 1.807) is 39.3 Å². The lowest BCUT2D eigenvalue weighted by Crippen LogP contribution is -2.21. The third kappa shape index (κ3) is 6.14. The molecule has 0 aliphatic carbocycles. The van der Waals surface area contributed by atoms with Crippen molar-refractivity contribution < 1.29 is 19.0 Å². The monoisotopic (exact) mass is 577 g/mol. The Kier molecular flexibility index (Phi) is 8.57. The van der Waals surface area contributed by atoms with Gasteiger partial charge in [0.15, 0.2) is 12.4 Å². The topological polar surface area (TPSA) is 92.0 Å². The lowest BCUT2D eigenvalue weighted by Gasteiger charge is -2.17. The Hall–Kier alpha value is -4.98. The van der Waals surface area contributed by atoms with Crippen LogP contribution in [0, 0.1) is 6.92 Å². The maximum Gasteiger partial charge on any atom is 0.344 e. The van der Waals surface area contributed by atoms with Gasteiger partial charge in [-0.15, -0.1) is 0 Å². The molecule has 8 nitrogen and oxygen atoms in total. The summed E-state index contributed by atoms with van der Waals surface area (Å²) in [5, 5.41) is 6.99. The number of esters is 1. The van der Waals surface area contributed by atoms with Crippen molar-refractivity contribution in [3.63, 3.8) is 0 Å². The Balaban J connectivity index is 1.70. The standard InChI is InChI=1S/C35H35N3O5/c1-21(2)27-18-28(23(5)17-32(27)41-6)34-37-30-14-10-9-13-26(30)35(40)38(34)36-19-29-25-12-8-7-11-24(25)15-16-31(29)42-20-33(39)43-22(3)4/h7-19,21-22H,20H2,1-6H3. The van der Waals surface area contributed by atoms with E-state index in [1.165, 1.54) is 4.68 Å². The van der Waals surface area contributed by atoms with Gasteiger partial charge in [-0.2, -0.15) is 9.78 Å². The first-order chi connectivity index (χ1) is 20.7. The molecule has 4 aromatic carbocycles. The van der Waals surface area contributed by atoms with Crippen molar-refractivity contribution in [3.05, 3.63) is 99.8 Å². The van der Waals surface area contributed by atoms with Gasteiger partial charge in [0.2, 0.25) is 0 Å². The molecule has 1 heterocycles. The molecule has 0 saturated carbocycles. The van der Waals surface area contributed by atoms with Gasteiger partial charge in [-0.25, -0.2) is 9.78 Å². The van der Waals surface area contributed by atoms with Crippen LogP contribution in [0.15, 0.2) is 82.7 Å². The number of aromatic nitrogens is 2. The molecule has 1 aromatic heterocycles. The molecule has 5 rings (SSSR count). The van der Waals surface area contributed by atoms with E-state index >= 15 is 0 Å². The fourth-order valence-electron chi connectivity index (χ4n) is 5.06. The van der Waals surface area contributed by atoms with E-state index in [4.69, 9.17) is 24.3 Å². The van der Waals surface area contributed by atoms with E-state index in [0.29, 0.717) is 28.0 Å². The highest BCUT2D eigenvalue weighted by atomic mass is 16.6. The first-order valence-corrected chi connectivity index (χ1v) is 14.3. The predicted octanol–water partition coefficient (Wildman–Crippen LogP) is 6.87. The molecule has 0 N–H and O–H groups in total. The highest BCUT2D eigenvalue weighted by molar-refractivity contribution is 6.02. The Bertz CT molecular complexity index is 1910. The Morgan fingerprint density at radius 1 is 0.953 bits per heavy atom. The number of methoxy groups -OCH3 is 1. The average molecular weight is 578 g/mol. The number of carbonyl (C=O) groups is 1. The van der Waals surface area contributed by atoms with Gasteiger partial charge in [-0.3, -0.25) is 4.79 Å². The molecule has 0 aliphatic heterocycles. The number of hydrogen-bond donors (Lipinski definition) is 0. The molecule has 0 atom stereocenters. The molecular weight excluding hydrogens is 542 g/mol. The molecule has 0 aliphatic rings. The zero-order valence-corrected chi connectivity index (χ0v) is 25.3. The van der Waals surface area contributed by atoms with E-state index in [1.807, 2.05) is 67.6 Å². The van der Waals surface area contributed by atoms with Crippen LogP contribution in [-0.2, 0) is 9.53 Å². The van der Waals surface area contributed by atoms with Crippen LogP contribution in [0.5, 0.6) is 11.5 Å². The molecule has 0 fully saturated rings. The number of fused-ring (bicyclic) bond motifs is 2. The van der Waals surface area contributed by atoms with Crippen molar-refractivity contribution in [3.8, 4) is 22.9 Å². The van der Waals surface area contributed by atoms with Gasteiger partial charge in [0.25, 0.3) is 5.56 Å². The minimum atomic E-state index is -0.473. The Labute approximate surface area is 250 Å². The number of para-hydroxylation sites is 1. The number of rotatable bonds is 9. The lowest BCUT2D eigenvalue weighted by atomic mass is 9.96. The summed E-state index contributed by atoms with van der Waals surface area (Å²) in [6, 6.07) is 22.7. The second-order valence-electron chi connectivity index (χ2n) is 10.9. The molecule has 0 saturated heterocycles. The normalized spacial score (nSPS) is 11.6. The number of ether oxygens (including phenoxy) is 3. The van der Waals surface area contributed by atoms with E-state index in [0.717, 1.165) is 33.2 Å². The van der Waals surface area contributed by atoms with Crippen molar-refractivity contribution in [2.75, 3.05) is 13.7 Å². The molecule has 0 bridgehead atoms. The minimum Gasteiger partial charge on any atom is -0.496 e. The second-order valence-corrected chi connectivity index (χ2v) is 10.9. The van der Waals surface area contributed by atoms with Crippen LogP contribution >= 0.6 is 0 Å². The van der Waals surface area contributed by atoms with Crippen molar-refractivity contribution >= 4 is 33.9 Å². The zero-order valence-electron chi connectivity index (χ0n) is 25.3. The van der Waals surface area contributed by atoms with Gasteiger partial charge < -0.3 is 14.2 Å². The van der Waals surface area contributed by atoms with Crippen LogP contribution in [0.25, 0.3) is 33.1 Å². The summed E-state index contributed by atoms with van der Waals surface area (Å²) in [5.41, 5.74) is 3.56. The second kappa shape index (κ2) is 12.5. The smallest absolute Gasteiger partial charge is 0.344 e. The number of aryl methyl sites for hydroxylation is 1. The van der Waals surface area contributed by atoms with E-state index in [-0.39, 0.29) is 24.2 Å². The van der Waals surface area contributed by atoms with Crippen LogP contribution in [0.2, 0.25) is 0 Å². The highest BCUT2D eigenvalue weighted by Gasteiger charge is 2.19. The molecular formula is C35H35N3O5. The first kappa shape index (κ1) is 29.5. The molecule has 220 valence electrons. The van der Waals surface area contributed by atoms with Crippen molar-refractivity contribution in [2.24, 2.45) is 5.10 Å². The summed E-state index contributed by atoms with van der Waals surface area (Å²) < 4.78 is 18.2. The predicted molar refractivity (Wildman–Crippen MR) is 170 cm³/mol. The molecule has 5 aromatic rings. The number of nitrogens with zero attached hydrogens (tertiary/aromatic N) is 3. The van der Waals surface area contributed by atoms with E-state index in [2.05, 4.69) is 13.8 Å². The van der Waals surface area contributed by atoms with E-state index < -0.39 is 5.97 Å². The third-order valence-corrected chi connectivity index (χ3v) is 7.14. The van der Waals surface area contributed by atoms with Gasteiger partial charge in [-0.05, 0) is 78.9 Å². The summed E-state index contributed by atoms with van der Waals surface area (Å²) >= 11 is 0. The maximum absolute atomic E-state index is 14.0. The molecule has 0 spiro atoms. The zero-order chi connectivity index (χ0) is 30.7. The largest absolute Gasteiger partial charge is 0.496 e. The van der Waals surface area contributed by atoms with Crippen LogP contribution in [0.1, 0.15) is 50.3 Å². The van der Waals surface area contributed by atoms with Gasteiger partial charge in [-0.1, -0.05) is 56.3 Å². The van der Waals surface area contributed by atoms with Crippen molar-refractivity contribution in [2.45, 2.75) is 46.6 Å². The van der Waals surface area contributed by atoms with E-state index in [9.17, 15) is 9.59 Å². The molecule has 0 amide bonds. The molecule has 0 unspecified atom stereocenters. The molecule has 43 heavy (non-hydrogen) atoms. The van der Waals surface area contributed by atoms with Crippen LogP contribution < -0.4 is 15.0 Å². The maximum atomic E-state index is 14.0. The number of hydrogen-bond acceptors (Lipinski definition) is 7. The van der Waals surface area contributed by atoms with Crippen molar-refractivity contribution in [1.82, 2.24) is 9.66 Å².